The number of fused-ring (bicyclic) bond motifs is 3. The van der Waals surface area contributed by atoms with Gasteiger partial charge in [0, 0.05) is 19.0 Å². The van der Waals surface area contributed by atoms with Crippen LogP contribution in [-0.4, -0.2) is 78.5 Å². The first-order valence-electron chi connectivity index (χ1n) is 18.7. The second kappa shape index (κ2) is 21.6. The number of carboxylic acids is 1. The minimum atomic E-state index is -1.12. The number of rotatable bonds is 10. The van der Waals surface area contributed by atoms with Crippen LogP contribution in [0.2, 0.25) is 10.6 Å². The third-order valence-corrected chi connectivity index (χ3v) is 10.7. The van der Waals surface area contributed by atoms with Gasteiger partial charge in [0.25, 0.3) is 0 Å². The number of halogens is 2. The lowest BCUT2D eigenvalue weighted by atomic mass is 10.1. The number of thiazole rings is 3. The van der Waals surface area contributed by atoms with Gasteiger partial charge in [-0.15, -0.1) is 34.0 Å². The maximum atomic E-state index is 12.6. The van der Waals surface area contributed by atoms with Crippen LogP contribution in [0.3, 0.4) is 0 Å². The number of carbonyl (C=O) groups is 3. The summed E-state index contributed by atoms with van der Waals surface area (Å²) in [6, 6.07) is 6.01. The molecule has 0 aliphatic rings. The van der Waals surface area contributed by atoms with Crippen molar-refractivity contribution in [2.75, 3.05) is 5.32 Å². The monoisotopic (exact) mass is 912 g/mol. The Labute approximate surface area is 368 Å². The molecule has 4 N–H and O–H groups in total. The molecule has 0 saturated heterocycles. The van der Waals surface area contributed by atoms with E-state index in [1.807, 2.05) is 80.5 Å². The Morgan fingerprint density at radius 2 is 1.07 bits per heavy atom. The van der Waals surface area contributed by atoms with E-state index in [0.717, 1.165) is 30.1 Å². The van der Waals surface area contributed by atoms with Gasteiger partial charge >= 0.3 is 5.97 Å². The molecule has 60 heavy (non-hydrogen) atoms. The smallest absolute Gasteiger partial charge is 0.356 e. The molecule has 7 aromatic rings. The summed E-state index contributed by atoms with van der Waals surface area (Å²) in [5.74, 6) is -0.126. The molecule has 0 amide bonds. The van der Waals surface area contributed by atoms with Crippen LogP contribution in [-0.2, 0) is 0 Å². The minimum absolute atomic E-state index is 0.00190. The lowest BCUT2D eigenvalue weighted by molar-refractivity contribution is 0.0692. The van der Waals surface area contributed by atoms with Crippen molar-refractivity contribution in [1.29, 1.82) is 0 Å². The number of carbonyl (C=O) groups excluding carboxylic acids is 2. The summed E-state index contributed by atoms with van der Waals surface area (Å²) >= 11 is 15.5. The number of pyridine rings is 1. The standard InChI is InChI=1S/C18H21N5OS.C11H12ClN3OS.C7H4ClN3O2S.C3H9N/c1-10(2)9-14(24)15-16-17(21-12(4)25-16)23-18(22-15)20-11(3)13-7-5-6-8-19-13;1-5(2)4-7(16)8-9-10(13-6(3)17-9)15-11(12)14-8;1-2-9-5-4(14-2)3(6(12)13)10-7(8)11-5;1-3(2)4/h5-8,10-11H,9H2,1-4H3,(H,20,22,23);5H,4H2,1-3H3;1H3,(H,12,13);3H,4H2,1-2H3/t11-;;;/m0.../s1. The summed E-state index contributed by atoms with van der Waals surface area (Å²) in [6.45, 7) is 19.5. The van der Waals surface area contributed by atoms with E-state index in [0.29, 0.717) is 63.8 Å². The van der Waals surface area contributed by atoms with Crippen LogP contribution in [0.1, 0.15) is 120 Å². The van der Waals surface area contributed by atoms with Gasteiger partial charge in [-0.3, -0.25) is 14.6 Å². The van der Waals surface area contributed by atoms with Gasteiger partial charge in [-0.25, -0.2) is 34.7 Å². The molecule has 0 aliphatic heterocycles. The molecule has 7 rings (SSSR count). The van der Waals surface area contributed by atoms with Gasteiger partial charge in [0.05, 0.1) is 26.8 Å². The Bertz CT molecular complexity index is 2600. The van der Waals surface area contributed by atoms with Crippen molar-refractivity contribution >= 4 is 112 Å². The molecular formula is C39H46Cl2N12O4S3. The number of Topliss-reactive ketones (excluding diaryl/α,β-unsaturated/α-hetero) is 2. The van der Waals surface area contributed by atoms with Crippen molar-refractivity contribution in [3.8, 4) is 0 Å². The number of anilines is 1. The quantitative estimate of drug-likeness (QED) is 0.0855. The third-order valence-electron chi connectivity index (χ3n) is 7.42. The zero-order valence-corrected chi connectivity index (χ0v) is 38.7. The fraction of sp³-hybridized carbons (Fsp3) is 0.410. The lowest BCUT2D eigenvalue weighted by Crippen LogP contribution is -2.14. The Balaban J connectivity index is 0.000000198. The molecule has 16 nitrogen and oxygen atoms in total. The number of nitrogens with one attached hydrogen (secondary N) is 1. The van der Waals surface area contributed by atoms with Crippen LogP contribution in [0.25, 0.3) is 31.0 Å². The fourth-order valence-corrected chi connectivity index (χ4v) is 8.05. The summed E-state index contributed by atoms with van der Waals surface area (Å²) in [6.07, 6.45) is 2.66. The number of nitrogens with two attached hydrogens (primary N) is 1. The van der Waals surface area contributed by atoms with E-state index in [4.69, 9.17) is 34.0 Å². The van der Waals surface area contributed by atoms with Gasteiger partial charge in [-0.05, 0) is 80.9 Å². The maximum Gasteiger partial charge on any atom is 0.356 e. The average molecular weight is 914 g/mol. The van der Waals surface area contributed by atoms with E-state index in [-0.39, 0.29) is 39.8 Å². The van der Waals surface area contributed by atoms with Crippen molar-refractivity contribution in [1.82, 2.24) is 49.8 Å². The topological polar surface area (TPSA) is 238 Å². The Morgan fingerprint density at radius 3 is 1.48 bits per heavy atom. The molecule has 7 aromatic heterocycles. The van der Waals surface area contributed by atoms with Gasteiger partial charge in [-0.2, -0.15) is 15.0 Å². The Hall–Kier alpha value is -4.79. The van der Waals surface area contributed by atoms with Crippen LogP contribution < -0.4 is 11.1 Å². The molecule has 0 saturated carbocycles. The highest BCUT2D eigenvalue weighted by molar-refractivity contribution is 7.19. The molecular weight excluding hydrogens is 868 g/mol. The maximum absolute atomic E-state index is 12.6. The number of hydrogen-bond donors (Lipinski definition) is 3. The molecule has 0 radical (unpaired) electrons. The van der Waals surface area contributed by atoms with Crippen molar-refractivity contribution in [3.63, 3.8) is 0 Å². The van der Waals surface area contributed by atoms with E-state index in [9.17, 15) is 14.4 Å². The summed E-state index contributed by atoms with van der Waals surface area (Å²) in [7, 11) is 0. The molecule has 0 bridgehead atoms. The predicted octanol–water partition coefficient (Wildman–Crippen LogP) is 9.57. The zero-order valence-electron chi connectivity index (χ0n) is 34.7. The van der Waals surface area contributed by atoms with Crippen molar-refractivity contribution in [2.45, 2.75) is 94.2 Å². The molecule has 0 aliphatic carbocycles. The first-order chi connectivity index (χ1) is 28.2. The van der Waals surface area contributed by atoms with Crippen molar-refractivity contribution in [2.24, 2.45) is 17.6 Å². The van der Waals surface area contributed by atoms with Gasteiger partial charge in [0.15, 0.2) is 34.2 Å². The highest BCUT2D eigenvalue weighted by atomic mass is 35.5. The van der Waals surface area contributed by atoms with E-state index in [1.165, 1.54) is 34.0 Å². The zero-order chi connectivity index (χ0) is 44.4. The molecule has 0 spiro atoms. The van der Waals surface area contributed by atoms with E-state index < -0.39 is 5.97 Å². The average Bonchev–Trinajstić information content (AvgIpc) is 3.84. The second-order valence-corrected chi connectivity index (χ2v) is 18.7. The minimum Gasteiger partial charge on any atom is -0.476 e. The summed E-state index contributed by atoms with van der Waals surface area (Å²) < 4.78 is 1.95. The first kappa shape index (κ1) is 47.9. The van der Waals surface area contributed by atoms with Crippen LogP contribution >= 0.6 is 57.2 Å². The number of aromatic nitrogens is 10. The largest absolute Gasteiger partial charge is 0.476 e. The van der Waals surface area contributed by atoms with Crippen molar-refractivity contribution in [3.05, 3.63) is 72.8 Å². The number of nitrogens with zero attached hydrogens (tertiary/aromatic N) is 10. The second-order valence-electron chi connectivity index (χ2n) is 14.4. The van der Waals surface area contributed by atoms with Gasteiger partial charge in [0.1, 0.15) is 25.5 Å². The number of ketones is 2. The normalized spacial score (nSPS) is 11.5. The molecule has 21 heteroatoms. The molecule has 0 fully saturated rings. The number of carboxylic acid groups (broad SMARTS) is 1. The summed E-state index contributed by atoms with van der Waals surface area (Å²) in [4.78, 5) is 77.1. The van der Waals surface area contributed by atoms with Gasteiger partial charge in [0.2, 0.25) is 16.5 Å². The van der Waals surface area contributed by atoms with E-state index in [2.05, 4.69) is 55.2 Å². The van der Waals surface area contributed by atoms with Gasteiger partial charge < -0.3 is 16.2 Å². The number of aryl methyl sites for hydroxylation is 3. The third kappa shape index (κ3) is 13.6. The highest BCUT2D eigenvalue weighted by Crippen LogP contribution is 2.28. The summed E-state index contributed by atoms with van der Waals surface area (Å²) in [5.41, 5.74) is 8.19. The number of aromatic carboxylic acids is 1. The summed E-state index contributed by atoms with van der Waals surface area (Å²) in [5, 5.41) is 14.5. The van der Waals surface area contributed by atoms with Crippen LogP contribution in [0, 0.1) is 32.6 Å². The highest BCUT2D eigenvalue weighted by Gasteiger charge is 2.21. The van der Waals surface area contributed by atoms with Crippen LogP contribution in [0.5, 0.6) is 0 Å². The lowest BCUT2D eigenvalue weighted by Gasteiger charge is -2.14. The first-order valence-corrected chi connectivity index (χ1v) is 21.9. The fourth-order valence-electron chi connectivity index (χ4n) is 5.15. The molecule has 7 heterocycles. The number of hydrogen-bond acceptors (Lipinski definition) is 18. The SMILES string of the molecule is CC(C)N.Cc1nc2nc(Cl)nc(C(=O)CC(C)C)c2s1.Cc1nc2nc(Cl)nc(C(=O)O)c2s1.Cc1nc2nc(N[C@@H](C)c3ccccn3)nc(C(=O)CC(C)C)c2s1. The van der Waals surface area contributed by atoms with Crippen LogP contribution in [0.4, 0.5) is 5.95 Å². The Morgan fingerprint density at radius 1 is 0.650 bits per heavy atom. The molecule has 318 valence electrons. The van der Waals surface area contributed by atoms with E-state index in [1.54, 1.807) is 13.1 Å². The van der Waals surface area contributed by atoms with Crippen LogP contribution in [0.15, 0.2) is 24.4 Å². The molecule has 0 unspecified atom stereocenters. The van der Waals surface area contributed by atoms with Crippen molar-refractivity contribution < 1.29 is 19.5 Å². The van der Waals surface area contributed by atoms with Gasteiger partial charge in [-0.1, -0.05) is 47.6 Å². The molecule has 0 aromatic carbocycles. The predicted molar refractivity (Wildman–Crippen MR) is 240 cm³/mol. The molecule has 1 atom stereocenters. The Kier molecular flexibility index (Phi) is 17.3. The van der Waals surface area contributed by atoms with E-state index >= 15 is 0 Å².